The molecular formula is C22H19NO5S. The number of anilines is 1. The highest BCUT2D eigenvalue weighted by Gasteiger charge is 2.21. The molecule has 0 unspecified atom stereocenters. The molecule has 7 heteroatoms. The molecule has 0 saturated carbocycles. The van der Waals surface area contributed by atoms with Crippen molar-refractivity contribution < 1.29 is 23.5 Å². The molecule has 0 spiro atoms. The number of amides is 1. The van der Waals surface area contributed by atoms with Crippen molar-refractivity contribution in [3.05, 3.63) is 58.8 Å². The highest BCUT2D eigenvalue weighted by Crippen LogP contribution is 2.36. The molecule has 2 aromatic heterocycles. The van der Waals surface area contributed by atoms with E-state index in [0.717, 1.165) is 21.9 Å². The molecule has 0 aliphatic rings. The van der Waals surface area contributed by atoms with Crippen molar-refractivity contribution >= 4 is 50.8 Å². The minimum absolute atomic E-state index is 0.134. The van der Waals surface area contributed by atoms with Crippen LogP contribution in [0.5, 0.6) is 5.75 Å². The van der Waals surface area contributed by atoms with Crippen LogP contribution in [0.4, 0.5) is 5.69 Å². The van der Waals surface area contributed by atoms with Crippen molar-refractivity contribution in [2.45, 2.75) is 19.4 Å². The monoisotopic (exact) mass is 409 g/mol. The Morgan fingerprint density at radius 1 is 1.14 bits per heavy atom. The van der Waals surface area contributed by atoms with E-state index in [1.165, 1.54) is 25.4 Å². The first-order valence-electron chi connectivity index (χ1n) is 9.06. The lowest BCUT2D eigenvalue weighted by Crippen LogP contribution is -2.30. The van der Waals surface area contributed by atoms with Crippen LogP contribution in [0.15, 0.2) is 57.6 Å². The number of ether oxygens (including phenoxy) is 2. The van der Waals surface area contributed by atoms with Gasteiger partial charge >= 0.3 is 5.97 Å². The first-order valence-corrected chi connectivity index (χ1v) is 10.00. The Morgan fingerprint density at radius 3 is 2.72 bits per heavy atom. The quantitative estimate of drug-likeness (QED) is 0.464. The second kappa shape index (κ2) is 7.97. The van der Waals surface area contributed by atoms with Crippen LogP contribution in [0, 0.1) is 0 Å². The van der Waals surface area contributed by atoms with Crippen LogP contribution >= 0.6 is 11.3 Å². The van der Waals surface area contributed by atoms with Crippen LogP contribution in [0.3, 0.4) is 0 Å². The summed E-state index contributed by atoms with van der Waals surface area (Å²) >= 11 is 1.51. The fourth-order valence-corrected chi connectivity index (χ4v) is 3.77. The van der Waals surface area contributed by atoms with Crippen LogP contribution in [-0.2, 0) is 20.7 Å². The molecule has 1 N–H and O–H groups in total. The van der Waals surface area contributed by atoms with Gasteiger partial charge in [0.15, 0.2) is 6.10 Å². The van der Waals surface area contributed by atoms with Crippen molar-refractivity contribution in [1.82, 2.24) is 0 Å². The van der Waals surface area contributed by atoms with Crippen LogP contribution in [-0.4, -0.2) is 25.1 Å². The van der Waals surface area contributed by atoms with Crippen LogP contribution in [0.1, 0.15) is 12.5 Å². The Balaban J connectivity index is 1.52. The van der Waals surface area contributed by atoms with Gasteiger partial charge in [-0.1, -0.05) is 18.2 Å². The average molecular weight is 409 g/mol. The van der Waals surface area contributed by atoms with Gasteiger partial charge in [0, 0.05) is 16.8 Å². The molecule has 0 bridgehead atoms. The fraction of sp³-hybridized carbons (Fsp3) is 0.182. The molecule has 1 atom stereocenters. The van der Waals surface area contributed by atoms with Gasteiger partial charge in [-0.05, 0) is 41.4 Å². The number of hydrogen-bond acceptors (Lipinski definition) is 6. The summed E-state index contributed by atoms with van der Waals surface area (Å²) in [6.45, 7) is 1.53. The zero-order chi connectivity index (χ0) is 20.4. The number of furan rings is 1. The maximum atomic E-state index is 12.6. The number of methoxy groups -OCH3 is 1. The van der Waals surface area contributed by atoms with E-state index in [9.17, 15) is 9.59 Å². The van der Waals surface area contributed by atoms with Crippen molar-refractivity contribution in [3.8, 4) is 5.75 Å². The van der Waals surface area contributed by atoms with E-state index < -0.39 is 18.0 Å². The van der Waals surface area contributed by atoms with E-state index >= 15 is 0 Å². The smallest absolute Gasteiger partial charge is 0.311 e. The standard InChI is InChI=1S/C22H19NO5S/c1-13(27-21(24)9-14-7-8-29-12-14)22(25)23-17-11-19-16(10-20(17)26-2)15-5-3-4-6-18(15)28-19/h3-8,10-13H,9H2,1-2H3,(H,23,25)/t13-/m1/s1. The number of hydrogen-bond donors (Lipinski definition) is 1. The summed E-state index contributed by atoms with van der Waals surface area (Å²) in [5.41, 5.74) is 2.70. The third-order valence-corrected chi connectivity index (χ3v) is 5.29. The summed E-state index contributed by atoms with van der Waals surface area (Å²) < 4.78 is 16.6. The Hall–Kier alpha value is -3.32. The van der Waals surface area contributed by atoms with Gasteiger partial charge in [-0.25, -0.2) is 0 Å². The molecule has 0 radical (unpaired) electrons. The number of carbonyl (C=O) groups is 2. The topological polar surface area (TPSA) is 77.8 Å². The van der Waals surface area contributed by atoms with Gasteiger partial charge in [0.1, 0.15) is 16.9 Å². The molecule has 1 amide bonds. The summed E-state index contributed by atoms with van der Waals surface area (Å²) in [5.74, 6) is -0.405. The Kier molecular flexibility index (Phi) is 5.22. The number of para-hydroxylation sites is 1. The molecule has 0 saturated heterocycles. The van der Waals surface area contributed by atoms with Gasteiger partial charge in [0.2, 0.25) is 0 Å². The minimum atomic E-state index is -0.947. The van der Waals surface area contributed by atoms with E-state index in [1.54, 1.807) is 6.07 Å². The zero-order valence-corrected chi connectivity index (χ0v) is 16.7. The Morgan fingerprint density at radius 2 is 1.97 bits per heavy atom. The maximum absolute atomic E-state index is 12.6. The summed E-state index contributed by atoms with van der Waals surface area (Å²) in [7, 11) is 1.53. The molecule has 0 aliphatic carbocycles. The number of nitrogens with one attached hydrogen (secondary N) is 1. The molecule has 2 aromatic carbocycles. The average Bonchev–Trinajstić information content (AvgIpc) is 3.34. The van der Waals surface area contributed by atoms with E-state index in [-0.39, 0.29) is 6.42 Å². The third kappa shape index (κ3) is 3.95. The van der Waals surface area contributed by atoms with Gasteiger partial charge in [-0.2, -0.15) is 11.3 Å². The van der Waals surface area contributed by atoms with E-state index in [0.29, 0.717) is 17.0 Å². The van der Waals surface area contributed by atoms with Crippen LogP contribution < -0.4 is 10.1 Å². The zero-order valence-electron chi connectivity index (χ0n) is 15.9. The molecule has 4 aromatic rings. The fourth-order valence-electron chi connectivity index (χ4n) is 3.10. The van der Waals surface area contributed by atoms with Crippen molar-refractivity contribution in [1.29, 1.82) is 0 Å². The molecule has 6 nitrogen and oxygen atoms in total. The molecule has 29 heavy (non-hydrogen) atoms. The van der Waals surface area contributed by atoms with E-state index in [2.05, 4.69) is 5.32 Å². The van der Waals surface area contributed by atoms with Gasteiger partial charge < -0.3 is 19.2 Å². The second-order valence-electron chi connectivity index (χ2n) is 6.58. The van der Waals surface area contributed by atoms with Gasteiger partial charge in [-0.15, -0.1) is 0 Å². The largest absolute Gasteiger partial charge is 0.495 e. The molecule has 148 valence electrons. The van der Waals surface area contributed by atoms with Crippen LogP contribution in [0.2, 0.25) is 0 Å². The predicted octanol–water partition coefficient (Wildman–Crippen LogP) is 4.77. The summed E-state index contributed by atoms with van der Waals surface area (Å²) in [6, 6.07) is 13.1. The second-order valence-corrected chi connectivity index (χ2v) is 7.36. The van der Waals surface area contributed by atoms with Gasteiger partial charge in [0.25, 0.3) is 5.91 Å². The summed E-state index contributed by atoms with van der Waals surface area (Å²) in [6.07, 6.45) is -0.813. The first kappa shape index (κ1) is 19.0. The summed E-state index contributed by atoms with van der Waals surface area (Å²) in [4.78, 5) is 24.6. The van der Waals surface area contributed by atoms with Gasteiger partial charge in [0.05, 0.1) is 19.2 Å². The molecule has 0 fully saturated rings. The molecule has 4 rings (SSSR count). The Bertz CT molecular complexity index is 1180. The number of esters is 1. The number of rotatable bonds is 6. The number of carbonyl (C=O) groups excluding carboxylic acids is 2. The number of fused-ring (bicyclic) bond motifs is 3. The molecular weight excluding hydrogens is 390 g/mol. The van der Waals surface area contributed by atoms with Crippen molar-refractivity contribution in [3.63, 3.8) is 0 Å². The van der Waals surface area contributed by atoms with Crippen molar-refractivity contribution in [2.24, 2.45) is 0 Å². The van der Waals surface area contributed by atoms with E-state index in [4.69, 9.17) is 13.9 Å². The normalized spacial score (nSPS) is 12.1. The number of thiophene rings is 1. The summed E-state index contributed by atoms with van der Waals surface area (Å²) in [5, 5.41) is 8.39. The maximum Gasteiger partial charge on any atom is 0.311 e. The van der Waals surface area contributed by atoms with E-state index in [1.807, 2.05) is 47.2 Å². The van der Waals surface area contributed by atoms with Gasteiger partial charge in [-0.3, -0.25) is 9.59 Å². The minimum Gasteiger partial charge on any atom is -0.495 e. The van der Waals surface area contributed by atoms with Crippen LogP contribution in [0.25, 0.3) is 21.9 Å². The molecule has 0 aliphatic heterocycles. The first-order chi connectivity index (χ1) is 14.0. The highest BCUT2D eigenvalue weighted by atomic mass is 32.1. The third-order valence-electron chi connectivity index (χ3n) is 4.56. The predicted molar refractivity (Wildman–Crippen MR) is 112 cm³/mol. The lowest BCUT2D eigenvalue weighted by Gasteiger charge is -2.15. The lowest BCUT2D eigenvalue weighted by atomic mass is 10.1. The lowest BCUT2D eigenvalue weighted by molar-refractivity contribution is -0.152. The Labute approximate surface area is 171 Å². The number of benzene rings is 2. The SMILES string of the molecule is COc1cc2c(cc1NC(=O)[C@@H](C)OC(=O)Cc1ccsc1)oc1ccccc12. The molecule has 2 heterocycles. The highest BCUT2D eigenvalue weighted by molar-refractivity contribution is 7.08. The van der Waals surface area contributed by atoms with Crippen molar-refractivity contribution in [2.75, 3.05) is 12.4 Å².